The predicted octanol–water partition coefficient (Wildman–Crippen LogP) is 1.39. The molecule has 0 radical (unpaired) electrons. The molecule has 6 heteroatoms. The summed E-state index contributed by atoms with van der Waals surface area (Å²) >= 11 is 0. The third kappa shape index (κ3) is 1.87. The Kier molecular flexibility index (Phi) is 2.79. The van der Waals surface area contributed by atoms with Crippen molar-refractivity contribution in [1.29, 1.82) is 0 Å². The second-order valence-electron chi connectivity index (χ2n) is 4.27. The van der Waals surface area contributed by atoms with E-state index in [1.54, 1.807) is 4.31 Å². The Bertz CT molecular complexity index is 473. The number of aromatic nitrogens is 1. The van der Waals surface area contributed by atoms with Crippen LogP contribution in [0.25, 0.3) is 0 Å². The molecule has 0 aromatic carbocycles. The first-order valence-electron chi connectivity index (χ1n) is 5.31. The van der Waals surface area contributed by atoms with Crippen molar-refractivity contribution in [1.82, 2.24) is 9.46 Å². The highest BCUT2D eigenvalue weighted by Gasteiger charge is 2.35. The highest BCUT2D eigenvalue weighted by molar-refractivity contribution is 7.88. The van der Waals surface area contributed by atoms with E-state index >= 15 is 0 Å². The van der Waals surface area contributed by atoms with Gasteiger partial charge in [0.2, 0.25) is 10.0 Å². The molecule has 2 rings (SSSR count). The summed E-state index contributed by atoms with van der Waals surface area (Å²) in [5.74, 6) is 0.720. The molecule has 1 aromatic rings. The highest BCUT2D eigenvalue weighted by atomic mass is 32.2. The fourth-order valence-corrected chi connectivity index (χ4v) is 3.53. The van der Waals surface area contributed by atoms with Gasteiger partial charge in [-0.25, -0.2) is 8.42 Å². The van der Waals surface area contributed by atoms with Gasteiger partial charge in [0.15, 0.2) is 0 Å². The zero-order valence-electron chi connectivity index (χ0n) is 9.73. The maximum Gasteiger partial charge on any atom is 0.211 e. The molecule has 0 aliphatic carbocycles. The first-order valence-corrected chi connectivity index (χ1v) is 7.15. The lowest BCUT2D eigenvalue weighted by Gasteiger charge is -2.21. The lowest BCUT2D eigenvalue weighted by atomic mass is 10.0. The number of rotatable bonds is 2. The van der Waals surface area contributed by atoms with Crippen LogP contribution in [0.3, 0.4) is 0 Å². The monoisotopic (exact) mass is 244 g/mol. The second kappa shape index (κ2) is 3.85. The highest BCUT2D eigenvalue weighted by Crippen LogP contribution is 2.36. The van der Waals surface area contributed by atoms with Crippen LogP contribution in [0.2, 0.25) is 0 Å². The van der Waals surface area contributed by atoms with Gasteiger partial charge in [-0.3, -0.25) is 0 Å². The smallest absolute Gasteiger partial charge is 0.211 e. The Morgan fingerprint density at radius 3 is 2.62 bits per heavy atom. The molecule has 1 aliphatic rings. The molecular formula is C10H16N2O3S. The topological polar surface area (TPSA) is 63.4 Å². The molecule has 1 fully saturated rings. The molecule has 5 nitrogen and oxygen atoms in total. The van der Waals surface area contributed by atoms with Crippen LogP contribution in [-0.2, 0) is 10.0 Å². The summed E-state index contributed by atoms with van der Waals surface area (Å²) in [6.45, 7) is 4.27. The van der Waals surface area contributed by atoms with Crippen molar-refractivity contribution in [2.24, 2.45) is 0 Å². The summed E-state index contributed by atoms with van der Waals surface area (Å²) < 4.78 is 29.9. The van der Waals surface area contributed by atoms with Crippen LogP contribution in [0.5, 0.6) is 0 Å². The molecule has 2 heterocycles. The Morgan fingerprint density at radius 2 is 2.12 bits per heavy atom. The Morgan fingerprint density at radius 1 is 1.44 bits per heavy atom. The van der Waals surface area contributed by atoms with Crippen LogP contribution in [-0.4, -0.2) is 30.7 Å². The number of sulfonamides is 1. The molecule has 1 unspecified atom stereocenters. The Labute approximate surface area is 95.5 Å². The van der Waals surface area contributed by atoms with E-state index in [1.165, 1.54) is 6.26 Å². The molecule has 1 aliphatic heterocycles. The van der Waals surface area contributed by atoms with E-state index in [4.69, 9.17) is 4.52 Å². The minimum absolute atomic E-state index is 0.0961. The predicted molar refractivity (Wildman–Crippen MR) is 59.5 cm³/mol. The van der Waals surface area contributed by atoms with Crippen molar-refractivity contribution < 1.29 is 12.9 Å². The molecule has 1 aromatic heterocycles. The van der Waals surface area contributed by atoms with Crippen LogP contribution in [0.1, 0.15) is 35.9 Å². The summed E-state index contributed by atoms with van der Waals surface area (Å²) in [4.78, 5) is 0. The van der Waals surface area contributed by atoms with E-state index in [0.29, 0.717) is 6.54 Å². The van der Waals surface area contributed by atoms with Crippen molar-refractivity contribution in [2.75, 3.05) is 12.8 Å². The molecular weight excluding hydrogens is 228 g/mol. The average molecular weight is 244 g/mol. The molecule has 16 heavy (non-hydrogen) atoms. The number of nitrogens with zero attached hydrogens (tertiary/aromatic N) is 2. The van der Waals surface area contributed by atoms with E-state index in [-0.39, 0.29) is 6.04 Å². The molecule has 1 saturated heterocycles. The van der Waals surface area contributed by atoms with E-state index in [0.717, 1.165) is 29.9 Å². The maximum absolute atomic E-state index is 11.6. The van der Waals surface area contributed by atoms with Crippen LogP contribution >= 0.6 is 0 Å². The quantitative estimate of drug-likeness (QED) is 0.788. The first kappa shape index (κ1) is 11.6. The summed E-state index contributed by atoms with van der Waals surface area (Å²) in [6, 6.07) is -0.0961. The molecule has 0 N–H and O–H groups in total. The molecule has 0 amide bonds. The van der Waals surface area contributed by atoms with E-state index in [1.807, 2.05) is 13.8 Å². The van der Waals surface area contributed by atoms with Gasteiger partial charge in [-0.2, -0.15) is 4.31 Å². The molecule has 0 saturated carbocycles. The van der Waals surface area contributed by atoms with Gasteiger partial charge in [0.05, 0.1) is 18.0 Å². The summed E-state index contributed by atoms with van der Waals surface area (Å²) in [5, 5.41) is 3.88. The minimum Gasteiger partial charge on any atom is -0.361 e. The van der Waals surface area contributed by atoms with Gasteiger partial charge in [-0.1, -0.05) is 5.16 Å². The van der Waals surface area contributed by atoms with Gasteiger partial charge in [0.1, 0.15) is 5.76 Å². The number of hydrogen-bond acceptors (Lipinski definition) is 4. The van der Waals surface area contributed by atoms with Crippen molar-refractivity contribution in [2.45, 2.75) is 32.7 Å². The Balaban J connectivity index is 2.41. The number of aryl methyl sites for hydroxylation is 2. The third-order valence-electron chi connectivity index (χ3n) is 3.05. The zero-order chi connectivity index (χ0) is 11.9. The van der Waals surface area contributed by atoms with Crippen LogP contribution in [0.4, 0.5) is 0 Å². The van der Waals surface area contributed by atoms with Crippen molar-refractivity contribution in [3.05, 3.63) is 17.0 Å². The Hall–Kier alpha value is -0.880. The second-order valence-corrected chi connectivity index (χ2v) is 6.20. The largest absolute Gasteiger partial charge is 0.361 e. The lowest BCUT2D eigenvalue weighted by molar-refractivity contribution is 0.377. The normalized spacial score (nSPS) is 22.8. The van der Waals surface area contributed by atoms with Gasteiger partial charge in [-0.15, -0.1) is 0 Å². The van der Waals surface area contributed by atoms with Gasteiger partial charge in [0, 0.05) is 12.1 Å². The first-order chi connectivity index (χ1) is 7.41. The molecule has 0 spiro atoms. The summed E-state index contributed by atoms with van der Waals surface area (Å²) in [7, 11) is -3.15. The molecule has 0 bridgehead atoms. The summed E-state index contributed by atoms with van der Waals surface area (Å²) in [5.41, 5.74) is 1.72. The van der Waals surface area contributed by atoms with E-state index in [9.17, 15) is 8.42 Å². The maximum atomic E-state index is 11.6. The van der Waals surface area contributed by atoms with Crippen molar-refractivity contribution in [3.63, 3.8) is 0 Å². The summed E-state index contributed by atoms with van der Waals surface area (Å²) in [6.07, 6.45) is 2.99. The fourth-order valence-electron chi connectivity index (χ4n) is 2.39. The fraction of sp³-hybridized carbons (Fsp3) is 0.700. The van der Waals surface area contributed by atoms with Gasteiger partial charge < -0.3 is 4.52 Å². The van der Waals surface area contributed by atoms with Crippen molar-refractivity contribution in [3.8, 4) is 0 Å². The SMILES string of the molecule is Cc1noc(C)c1C1CCCN1S(C)(=O)=O. The molecule has 90 valence electrons. The molecule has 1 atom stereocenters. The van der Waals surface area contributed by atoms with Gasteiger partial charge in [0.25, 0.3) is 0 Å². The minimum atomic E-state index is -3.15. The third-order valence-corrected chi connectivity index (χ3v) is 4.34. The number of hydrogen-bond donors (Lipinski definition) is 0. The van der Waals surface area contributed by atoms with Crippen LogP contribution < -0.4 is 0 Å². The van der Waals surface area contributed by atoms with E-state index < -0.39 is 10.0 Å². The van der Waals surface area contributed by atoms with Gasteiger partial charge >= 0.3 is 0 Å². The van der Waals surface area contributed by atoms with Crippen molar-refractivity contribution >= 4 is 10.0 Å². The zero-order valence-corrected chi connectivity index (χ0v) is 10.5. The standard InChI is InChI=1S/C10H16N2O3S/c1-7-10(8(2)15-11-7)9-5-4-6-12(9)16(3,13)14/h9H,4-6H2,1-3H3. The van der Waals surface area contributed by atoms with Gasteiger partial charge in [-0.05, 0) is 26.7 Å². The average Bonchev–Trinajstić information content (AvgIpc) is 2.72. The lowest BCUT2D eigenvalue weighted by Crippen LogP contribution is -2.29. The van der Waals surface area contributed by atoms with E-state index in [2.05, 4.69) is 5.16 Å². The van der Waals surface area contributed by atoms with Crippen LogP contribution in [0.15, 0.2) is 4.52 Å². The van der Waals surface area contributed by atoms with Crippen LogP contribution in [0, 0.1) is 13.8 Å².